The smallest absolute Gasteiger partial charge is 0.0640 e. The number of nitrogens with one attached hydrogen (secondary N) is 1. The molecule has 1 aliphatic rings. The predicted molar refractivity (Wildman–Crippen MR) is 65.6 cm³/mol. The molecular formula is C12H15Cl2N. The van der Waals surface area contributed by atoms with Crippen LogP contribution in [0.3, 0.4) is 0 Å². The lowest BCUT2D eigenvalue weighted by Crippen LogP contribution is -2.22. The lowest BCUT2D eigenvalue weighted by molar-refractivity contribution is 0.496. The van der Waals surface area contributed by atoms with Crippen LogP contribution in [-0.2, 0) is 0 Å². The molecule has 0 spiro atoms. The lowest BCUT2D eigenvalue weighted by Gasteiger charge is -2.19. The highest BCUT2D eigenvalue weighted by molar-refractivity contribution is 6.42. The summed E-state index contributed by atoms with van der Waals surface area (Å²) in [6, 6.07) is 6.25. The Kier molecular flexibility index (Phi) is 3.55. The molecule has 1 atom stereocenters. The first-order valence-electron chi connectivity index (χ1n) is 5.41. The summed E-state index contributed by atoms with van der Waals surface area (Å²) in [7, 11) is 0. The zero-order valence-electron chi connectivity index (χ0n) is 8.76. The quantitative estimate of drug-likeness (QED) is 0.842. The molecule has 0 radical (unpaired) electrons. The van der Waals surface area contributed by atoms with E-state index in [1.54, 1.807) is 0 Å². The zero-order chi connectivity index (χ0) is 10.8. The Morgan fingerprint density at radius 1 is 1.40 bits per heavy atom. The molecule has 1 saturated carbocycles. The summed E-state index contributed by atoms with van der Waals surface area (Å²) in [5.74, 6) is 0.737. The van der Waals surface area contributed by atoms with Crippen molar-refractivity contribution in [2.24, 2.45) is 5.92 Å². The van der Waals surface area contributed by atoms with Crippen molar-refractivity contribution in [2.75, 3.05) is 6.54 Å². The van der Waals surface area contributed by atoms with E-state index in [2.05, 4.69) is 18.3 Å². The fourth-order valence-electron chi connectivity index (χ4n) is 1.94. The van der Waals surface area contributed by atoms with Gasteiger partial charge in [0.25, 0.3) is 0 Å². The van der Waals surface area contributed by atoms with E-state index in [0.29, 0.717) is 16.1 Å². The van der Waals surface area contributed by atoms with E-state index < -0.39 is 0 Å². The molecule has 0 aromatic heterocycles. The summed E-state index contributed by atoms with van der Waals surface area (Å²) in [6.45, 7) is 3.08. The first-order valence-corrected chi connectivity index (χ1v) is 6.17. The Morgan fingerprint density at radius 3 is 2.73 bits per heavy atom. The van der Waals surface area contributed by atoms with Crippen molar-refractivity contribution >= 4 is 23.2 Å². The first-order chi connectivity index (χ1) is 7.24. The van der Waals surface area contributed by atoms with Gasteiger partial charge in [0.2, 0.25) is 0 Å². The van der Waals surface area contributed by atoms with E-state index >= 15 is 0 Å². The van der Waals surface area contributed by atoms with Crippen LogP contribution in [0.4, 0.5) is 0 Å². The minimum Gasteiger partial charge on any atom is -0.310 e. The van der Waals surface area contributed by atoms with E-state index in [4.69, 9.17) is 23.2 Å². The van der Waals surface area contributed by atoms with Gasteiger partial charge in [0.05, 0.1) is 10.0 Å². The third kappa shape index (κ3) is 2.47. The topological polar surface area (TPSA) is 12.0 Å². The molecule has 82 valence electrons. The molecule has 1 unspecified atom stereocenters. The number of halogens is 2. The molecule has 1 nitrogen and oxygen atoms in total. The standard InChI is InChI=1S/C12H15Cl2N/c1-2-15-12(8-6-7-8)9-4-3-5-10(13)11(9)14/h3-5,8,12,15H,2,6-7H2,1H3. The van der Waals surface area contributed by atoms with Crippen LogP contribution in [0.15, 0.2) is 18.2 Å². The maximum Gasteiger partial charge on any atom is 0.0640 e. The second-order valence-corrected chi connectivity index (χ2v) is 4.80. The maximum atomic E-state index is 6.22. The predicted octanol–water partition coefficient (Wildman–Crippen LogP) is 4.05. The largest absolute Gasteiger partial charge is 0.310 e. The van der Waals surface area contributed by atoms with Crippen LogP contribution in [0, 0.1) is 5.92 Å². The minimum atomic E-state index is 0.376. The van der Waals surface area contributed by atoms with E-state index in [9.17, 15) is 0 Å². The molecule has 1 fully saturated rings. The van der Waals surface area contributed by atoms with Crippen molar-refractivity contribution in [3.63, 3.8) is 0 Å². The molecule has 1 aromatic rings. The van der Waals surface area contributed by atoms with Gasteiger partial charge in [-0.15, -0.1) is 0 Å². The van der Waals surface area contributed by atoms with Crippen molar-refractivity contribution in [3.8, 4) is 0 Å². The van der Waals surface area contributed by atoms with Crippen molar-refractivity contribution in [1.29, 1.82) is 0 Å². The molecule has 3 heteroatoms. The molecule has 0 aliphatic heterocycles. The highest BCUT2D eigenvalue weighted by Gasteiger charge is 2.32. The van der Waals surface area contributed by atoms with Crippen molar-refractivity contribution < 1.29 is 0 Å². The van der Waals surface area contributed by atoms with Crippen LogP contribution in [0.1, 0.15) is 31.4 Å². The Morgan fingerprint density at radius 2 is 2.13 bits per heavy atom. The van der Waals surface area contributed by atoms with Crippen LogP contribution in [0.2, 0.25) is 10.0 Å². The summed E-state index contributed by atoms with van der Waals surface area (Å²) in [5.41, 5.74) is 1.15. The molecule has 0 amide bonds. The number of rotatable bonds is 4. The van der Waals surface area contributed by atoms with Gasteiger partial charge in [-0.3, -0.25) is 0 Å². The van der Waals surface area contributed by atoms with Crippen LogP contribution >= 0.6 is 23.2 Å². The molecule has 2 rings (SSSR count). The summed E-state index contributed by atoms with van der Waals surface area (Å²) >= 11 is 12.2. The van der Waals surface area contributed by atoms with Crippen molar-refractivity contribution in [3.05, 3.63) is 33.8 Å². The third-order valence-electron chi connectivity index (χ3n) is 2.83. The fraction of sp³-hybridized carbons (Fsp3) is 0.500. The Balaban J connectivity index is 2.28. The second kappa shape index (κ2) is 4.73. The Bertz CT molecular complexity index is 347. The van der Waals surface area contributed by atoms with Gasteiger partial charge in [-0.1, -0.05) is 42.3 Å². The average Bonchev–Trinajstić information content (AvgIpc) is 3.03. The van der Waals surface area contributed by atoms with Crippen LogP contribution < -0.4 is 5.32 Å². The normalized spacial score (nSPS) is 17.8. The lowest BCUT2D eigenvalue weighted by atomic mass is 10.0. The average molecular weight is 244 g/mol. The van der Waals surface area contributed by atoms with Crippen LogP contribution in [-0.4, -0.2) is 6.54 Å². The Hall–Kier alpha value is -0.240. The second-order valence-electron chi connectivity index (χ2n) is 4.02. The summed E-state index contributed by atoms with van der Waals surface area (Å²) < 4.78 is 0. The van der Waals surface area contributed by atoms with Gasteiger partial charge in [-0.2, -0.15) is 0 Å². The van der Waals surface area contributed by atoms with E-state index in [1.807, 2.05) is 12.1 Å². The molecular weight excluding hydrogens is 229 g/mol. The Labute approximate surface area is 101 Å². The molecule has 1 aromatic carbocycles. The molecule has 0 bridgehead atoms. The number of hydrogen-bond donors (Lipinski definition) is 1. The minimum absolute atomic E-state index is 0.376. The van der Waals surface area contributed by atoms with Gasteiger partial charge in [-0.25, -0.2) is 0 Å². The van der Waals surface area contributed by atoms with E-state index in [-0.39, 0.29) is 0 Å². The molecule has 15 heavy (non-hydrogen) atoms. The summed E-state index contributed by atoms with van der Waals surface area (Å²) in [4.78, 5) is 0. The summed E-state index contributed by atoms with van der Waals surface area (Å²) in [5, 5.41) is 4.84. The SMILES string of the molecule is CCNC(c1cccc(Cl)c1Cl)C1CC1. The molecule has 1 aliphatic carbocycles. The monoisotopic (exact) mass is 243 g/mol. The van der Waals surface area contributed by atoms with Gasteiger partial charge >= 0.3 is 0 Å². The van der Waals surface area contributed by atoms with Crippen molar-refractivity contribution in [1.82, 2.24) is 5.32 Å². The fourth-order valence-corrected chi connectivity index (χ4v) is 2.37. The maximum absolute atomic E-state index is 6.22. The molecule has 0 saturated heterocycles. The van der Waals surface area contributed by atoms with Gasteiger partial charge in [-0.05, 0) is 36.9 Å². The highest BCUT2D eigenvalue weighted by Crippen LogP contribution is 2.43. The number of hydrogen-bond acceptors (Lipinski definition) is 1. The third-order valence-corrected chi connectivity index (χ3v) is 3.67. The zero-order valence-corrected chi connectivity index (χ0v) is 10.3. The van der Waals surface area contributed by atoms with E-state index in [0.717, 1.165) is 18.0 Å². The van der Waals surface area contributed by atoms with E-state index in [1.165, 1.54) is 12.8 Å². The van der Waals surface area contributed by atoms with Gasteiger partial charge in [0, 0.05) is 6.04 Å². The van der Waals surface area contributed by atoms with Gasteiger partial charge < -0.3 is 5.32 Å². The highest BCUT2D eigenvalue weighted by atomic mass is 35.5. The first kappa shape index (κ1) is 11.3. The molecule has 1 N–H and O–H groups in total. The van der Waals surface area contributed by atoms with Gasteiger partial charge in [0.15, 0.2) is 0 Å². The van der Waals surface area contributed by atoms with Gasteiger partial charge in [0.1, 0.15) is 0 Å². The molecule has 0 heterocycles. The number of benzene rings is 1. The van der Waals surface area contributed by atoms with Crippen LogP contribution in [0.5, 0.6) is 0 Å². The van der Waals surface area contributed by atoms with Crippen molar-refractivity contribution in [2.45, 2.75) is 25.8 Å². The summed E-state index contributed by atoms with van der Waals surface area (Å²) in [6.07, 6.45) is 2.58. The van der Waals surface area contributed by atoms with Crippen LogP contribution in [0.25, 0.3) is 0 Å².